The van der Waals surface area contributed by atoms with Crippen molar-refractivity contribution in [3.8, 4) is 0 Å². The van der Waals surface area contributed by atoms with Crippen molar-refractivity contribution in [1.82, 2.24) is 4.90 Å². The van der Waals surface area contributed by atoms with E-state index in [0.717, 1.165) is 5.56 Å². The highest BCUT2D eigenvalue weighted by atomic mass is 16.2. The van der Waals surface area contributed by atoms with E-state index in [0.29, 0.717) is 6.42 Å². The third kappa shape index (κ3) is 1.31. The molecule has 3 heteroatoms. The fraction of sp³-hybridized carbons (Fsp3) is 0.273. The van der Waals surface area contributed by atoms with Gasteiger partial charge in [0.25, 0.3) is 5.91 Å². The van der Waals surface area contributed by atoms with Crippen molar-refractivity contribution in [3.63, 3.8) is 0 Å². The van der Waals surface area contributed by atoms with Gasteiger partial charge in [-0.15, -0.1) is 0 Å². The average Bonchev–Trinajstić information content (AvgIpc) is 2.47. The number of ketones is 1. The number of nitrogens with zero attached hydrogens (tertiary/aromatic N) is 1. The smallest absolute Gasteiger partial charge is 0.290 e. The van der Waals surface area contributed by atoms with Gasteiger partial charge in [-0.2, -0.15) is 0 Å². The molecular formula is C11H11NO2. The van der Waals surface area contributed by atoms with E-state index in [1.54, 1.807) is 7.05 Å². The van der Waals surface area contributed by atoms with Gasteiger partial charge in [0.1, 0.15) is 0 Å². The van der Waals surface area contributed by atoms with Gasteiger partial charge in [0.15, 0.2) is 0 Å². The van der Waals surface area contributed by atoms with E-state index >= 15 is 0 Å². The lowest BCUT2D eigenvalue weighted by Gasteiger charge is -2.18. The number of rotatable bonds is 1. The second-order valence-corrected chi connectivity index (χ2v) is 3.47. The van der Waals surface area contributed by atoms with E-state index in [1.807, 2.05) is 30.3 Å². The van der Waals surface area contributed by atoms with Gasteiger partial charge in [0, 0.05) is 13.5 Å². The van der Waals surface area contributed by atoms with Gasteiger partial charge in [0.05, 0.1) is 6.04 Å². The monoisotopic (exact) mass is 189 g/mol. The van der Waals surface area contributed by atoms with Crippen LogP contribution in [0.5, 0.6) is 0 Å². The molecule has 3 nitrogen and oxygen atoms in total. The molecule has 0 radical (unpaired) electrons. The number of benzene rings is 1. The fourth-order valence-corrected chi connectivity index (χ4v) is 1.75. The van der Waals surface area contributed by atoms with E-state index in [4.69, 9.17) is 0 Å². The van der Waals surface area contributed by atoms with Crippen LogP contribution in [0.15, 0.2) is 30.3 Å². The van der Waals surface area contributed by atoms with Crippen molar-refractivity contribution < 1.29 is 9.59 Å². The van der Waals surface area contributed by atoms with Crippen LogP contribution in [0, 0.1) is 0 Å². The molecule has 1 saturated heterocycles. The average molecular weight is 189 g/mol. The molecule has 0 aliphatic carbocycles. The van der Waals surface area contributed by atoms with E-state index in [9.17, 15) is 9.59 Å². The molecule has 1 aliphatic heterocycles. The molecule has 0 spiro atoms. The Labute approximate surface area is 82.3 Å². The SMILES string of the molecule is CN1C(=O)C(=O)C[C@@H]1c1ccccc1. The van der Waals surface area contributed by atoms with Gasteiger partial charge in [-0.3, -0.25) is 9.59 Å². The van der Waals surface area contributed by atoms with Crippen molar-refractivity contribution in [3.05, 3.63) is 35.9 Å². The number of Topliss-reactive ketones (excluding diaryl/α,β-unsaturated/α-hetero) is 1. The molecule has 2 rings (SSSR count). The Kier molecular flexibility index (Phi) is 2.08. The molecule has 0 unspecified atom stereocenters. The topological polar surface area (TPSA) is 37.4 Å². The maximum Gasteiger partial charge on any atom is 0.290 e. The molecule has 72 valence electrons. The summed E-state index contributed by atoms with van der Waals surface area (Å²) in [5, 5.41) is 0. The van der Waals surface area contributed by atoms with Crippen LogP contribution >= 0.6 is 0 Å². The molecule has 1 aromatic rings. The molecule has 0 N–H and O–H groups in total. The second-order valence-electron chi connectivity index (χ2n) is 3.47. The second kappa shape index (κ2) is 3.25. The summed E-state index contributed by atoms with van der Waals surface area (Å²) in [6.45, 7) is 0. The zero-order chi connectivity index (χ0) is 10.1. The first kappa shape index (κ1) is 8.94. The first-order valence-electron chi connectivity index (χ1n) is 4.55. The molecule has 1 aliphatic rings. The lowest BCUT2D eigenvalue weighted by atomic mass is 10.1. The molecule has 1 atom stereocenters. The number of amides is 1. The lowest BCUT2D eigenvalue weighted by Crippen LogP contribution is -2.24. The Balaban J connectivity index is 2.30. The minimum absolute atomic E-state index is 0.0730. The van der Waals surface area contributed by atoms with Crippen LogP contribution in [-0.4, -0.2) is 23.6 Å². The van der Waals surface area contributed by atoms with Crippen molar-refractivity contribution >= 4 is 11.7 Å². The minimum Gasteiger partial charge on any atom is -0.332 e. The van der Waals surface area contributed by atoms with E-state index in [2.05, 4.69) is 0 Å². The van der Waals surface area contributed by atoms with Gasteiger partial charge >= 0.3 is 0 Å². The van der Waals surface area contributed by atoms with Gasteiger partial charge in [-0.05, 0) is 5.56 Å². The van der Waals surface area contributed by atoms with Crippen LogP contribution in [0.4, 0.5) is 0 Å². The quantitative estimate of drug-likeness (QED) is 0.622. The van der Waals surface area contributed by atoms with Crippen LogP contribution in [-0.2, 0) is 9.59 Å². The van der Waals surface area contributed by atoms with E-state index in [-0.39, 0.29) is 17.7 Å². The summed E-state index contributed by atoms with van der Waals surface area (Å²) in [6.07, 6.45) is 0.305. The molecule has 1 fully saturated rings. The predicted molar refractivity (Wildman–Crippen MR) is 51.6 cm³/mol. The summed E-state index contributed by atoms with van der Waals surface area (Å²) in [4.78, 5) is 24.0. The number of hydrogen-bond acceptors (Lipinski definition) is 2. The molecule has 1 amide bonds. The Morgan fingerprint density at radius 3 is 2.36 bits per heavy atom. The highest BCUT2D eigenvalue weighted by molar-refractivity contribution is 6.38. The van der Waals surface area contributed by atoms with Crippen LogP contribution < -0.4 is 0 Å². The number of hydrogen-bond donors (Lipinski definition) is 0. The van der Waals surface area contributed by atoms with Crippen molar-refractivity contribution in [2.24, 2.45) is 0 Å². The van der Waals surface area contributed by atoms with Crippen molar-refractivity contribution in [2.75, 3.05) is 7.05 Å². The molecule has 14 heavy (non-hydrogen) atoms. The minimum atomic E-state index is -0.376. The van der Waals surface area contributed by atoms with Crippen LogP contribution in [0.3, 0.4) is 0 Å². The summed E-state index contributed by atoms with van der Waals surface area (Å²) >= 11 is 0. The Bertz CT molecular complexity index is 372. The summed E-state index contributed by atoms with van der Waals surface area (Å²) in [7, 11) is 1.67. The highest BCUT2D eigenvalue weighted by Gasteiger charge is 2.36. The first-order chi connectivity index (χ1) is 6.70. The van der Waals surface area contributed by atoms with Crippen molar-refractivity contribution in [1.29, 1.82) is 0 Å². The van der Waals surface area contributed by atoms with Gasteiger partial charge in [-0.25, -0.2) is 0 Å². The zero-order valence-corrected chi connectivity index (χ0v) is 7.93. The standard InChI is InChI=1S/C11H11NO2/c1-12-9(7-10(13)11(12)14)8-5-3-2-4-6-8/h2-6,9H,7H2,1H3/t9-/m1/s1. The predicted octanol–water partition coefficient (Wildman–Crippen LogP) is 1.16. The largest absolute Gasteiger partial charge is 0.332 e. The third-order valence-electron chi connectivity index (χ3n) is 2.59. The summed E-state index contributed by atoms with van der Waals surface area (Å²) in [6, 6.07) is 9.55. The molecule has 0 aromatic heterocycles. The number of likely N-dealkylation sites (tertiary alicyclic amines) is 1. The number of carbonyl (C=O) groups is 2. The summed E-state index contributed by atoms with van der Waals surface area (Å²) < 4.78 is 0. The first-order valence-corrected chi connectivity index (χ1v) is 4.55. The molecule has 0 saturated carbocycles. The molecule has 1 aromatic carbocycles. The zero-order valence-electron chi connectivity index (χ0n) is 7.93. The van der Waals surface area contributed by atoms with Crippen molar-refractivity contribution in [2.45, 2.75) is 12.5 Å². The van der Waals surface area contributed by atoms with Crippen LogP contribution in [0.2, 0.25) is 0 Å². The number of carbonyl (C=O) groups excluding carboxylic acids is 2. The van der Waals surface area contributed by atoms with E-state index < -0.39 is 0 Å². The maximum absolute atomic E-state index is 11.3. The molecule has 0 bridgehead atoms. The van der Waals surface area contributed by atoms with Gasteiger partial charge in [-0.1, -0.05) is 30.3 Å². The number of likely N-dealkylation sites (N-methyl/N-ethyl adjacent to an activating group) is 1. The fourth-order valence-electron chi connectivity index (χ4n) is 1.75. The summed E-state index contributed by atoms with van der Waals surface area (Å²) in [5.41, 5.74) is 1.02. The normalized spacial score (nSPS) is 21.8. The van der Waals surface area contributed by atoms with E-state index in [1.165, 1.54) is 4.90 Å². The highest BCUT2D eigenvalue weighted by Crippen LogP contribution is 2.28. The Hall–Kier alpha value is -1.64. The van der Waals surface area contributed by atoms with Crippen LogP contribution in [0.25, 0.3) is 0 Å². The Morgan fingerprint density at radius 2 is 1.86 bits per heavy atom. The molecular weight excluding hydrogens is 178 g/mol. The van der Waals surface area contributed by atoms with Crippen LogP contribution in [0.1, 0.15) is 18.0 Å². The molecule has 1 heterocycles. The summed E-state index contributed by atoms with van der Waals surface area (Å²) in [5.74, 6) is -0.666. The van der Waals surface area contributed by atoms with Gasteiger partial charge < -0.3 is 4.90 Å². The Morgan fingerprint density at radius 1 is 1.21 bits per heavy atom. The van der Waals surface area contributed by atoms with Gasteiger partial charge in [0.2, 0.25) is 5.78 Å². The third-order valence-corrected chi connectivity index (χ3v) is 2.59. The maximum atomic E-state index is 11.3. The lowest BCUT2D eigenvalue weighted by molar-refractivity contribution is -0.139.